The molecule has 0 aromatic carbocycles. The molecule has 0 fully saturated rings. The van der Waals surface area contributed by atoms with Gasteiger partial charge in [0.1, 0.15) is 12.3 Å². The average Bonchev–Trinajstić information content (AvgIpc) is 2.89. The molecule has 0 amide bonds. The fourth-order valence-corrected chi connectivity index (χ4v) is 1.60. The second-order valence-electron chi connectivity index (χ2n) is 3.55. The minimum Gasteiger partial charge on any atom is -0.377 e. The van der Waals surface area contributed by atoms with Gasteiger partial charge in [0.05, 0.1) is 6.54 Å². The van der Waals surface area contributed by atoms with E-state index in [1.165, 1.54) is 0 Å². The van der Waals surface area contributed by atoms with E-state index in [1.54, 1.807) is 7.11 Å². The topological polar surface area (TPSA) is 66.2 Å². The lowest BCUT2D eigenvalue weighted by molar-refractivity contribution is 0.155. The van der Waals surface area contributed by atoms with Crippen molar-refractivity contribution in [2.24, 2.45) is 5.73 Å². The molecular formula is C11H15N3O2. The number of methoxy groups -OCH3 is 1. The number of hydrogen-bond donors (Lipinski definition) is 1. The molecule has 0 bridgehead atoms. The van der Waals surface area contributed by atoms with Crippen LogP contribution in [0, 0.1) is 0 Å². The number of ether oxygens (including phenoxy) is 1. The van der Waals surface area contributed by atoms with Crippen LogP contribution in [0.15, 0.2) is 28.9 Å². The van der Waals surface area contributed by atoms with E-state index in [9.17, 15) is 0 Å². The third-order valence-corrected chi connectivity index (χ3v) is 2.36. The first kappa shape index (κ1) is 10.9. The van der Waals surface area contributed by atoms with Gasteiger partial charge in [-0.2, -0.15) is 0 Å². The van der Waals surface area contributed by atoms with Gasteiger partial charge >= 0.3 is 0 Å². The largest absolute Gasteiger partial charge is 0.377 e. The van der Waals surface area contributed by atoms with Crippen molar-refractivity contribution in [1.82, 2.24) is 9.72 Å². The quantitative estimate of drug-likeness (QED) is 0.821. The number of nitrogens with zero attached hydrogens (tertiary/aromatic N) is 2. The van der Waals surface area contributed by atoms with E-state index in [-0.39, 0.29) is 0 Å². The summed E-state index contributed by atoms with van der Waals surface area (Å²) in [6.45, 7) is 1.64. The zero-order valence-electron chi connectivity index (χ0n) is 9.22. The Morgan fingerprint density at radius 3 is 3.19 bits per heavy atom. The van der Waals surface area contributed by atoms with Gasteiger partial charge in [0, 0.05) is 31.6 Å². The SMILES string of the molecule is COCc1cc(Cn2cccc2CN)no1. The van der Waals surface area contributed by atoms with Crippen molar-refractivity contribution in [3.63, 3.8) is 0 Å². The Labute approximate surface area is 93.8 Å². The van der Waals surface area contributed by atoms with Crippen molar-refractivity contribution in [2.45, 2.75) is 19.7 Å². The maximum absolute atomic E-state index is 5.62. The van der Waals surface area contributed by atoms with E-state index in [2.05, 4.69) is 9.72 Å². The normalized spacial score (nSPS) is 10.9. The number of aromatic nitrogens is 2. The minimum absolute atomic E-state index is 0.447. The summed E-state index contributed by atoms with van der Waals surface area (Å²) in [5, 5.41) is 3.97. The van der Waals surface area contributed by atoms with E-state index < -0.39 is 0 Å². The van der Waals surface area contributed by atoms with Crippen LogP contribution >= 0.6 is 0 Å². The Hall–Kier alpha value is -1.59. The monoisotopic (exact) mass is 221 g/mol. The van der Waals surface area contributed by atoms with Gasteiger partial charge in [-0.3, -0.25) is 0 Å². The smallest absolute Gasteiger partial charge is 0.162 e. The van der Waals surface area contributed by atoms with Gasteiger partial charge in [-0.25, -0.2) is 0 Å². The standard InChI is InChI=1S/C11H15N3O2/c1-15-8-11-5-9(13-16-11)7-14-4-2-3-10(14)6-12/h2-5H,6-8,12H2,1H3. The predicted molar refractivity (Wildman–Crippen MR) is 58.6 cm³/mol. The molecule has 0 spiro atoms. The van der Waals surface area contributed by atoms with Crippen LogP contribution in [-0.4, -0.2) is 16.8 Å². The molecule has 16 heavy (non-hydrogen) atoms. The van der Waals surface area contributed by atoms with E-state index in [0.29, 0.717) is 19.7 Å². The summed E-state index contributed by atoms with van der Waals surface area (Å²) >= 11 is 0. The van der Waals surface area contributed by atoms with Crippen LogP contribution in [0.5, 0.6) is 0 Å². The lowest BCUT2D eigenvalue weighted by Gasteiger charge is -2.03. The van der Waals surface area contributed by atoms with Gasteiger partial charge in [0.15, 0.2) is 5.76 Å². The van der Waals surface area contributed by atoms with Gasteiger partial charge in [-0.1, -0.05) is 5.16 Å². The maximum Gasteiger partial charge on any atom is 0.162 e. The third kappa shape index (κ3) is 2.32. The number of rotatable bonds is 5. The third-order valence-electron chi connectivity index (χ3n) is 2.36. The van der Waals surface area contributed by atoms with Crippen LogP contribution in [0.2, 0.25) is 0 Å². The van der Waals surface area contributed by atoms with Crippen molar-refractivity contribution in [2.75, 3.05) is 7.11 Å². The molecular weight excluding hydrogens is 206 g/mol. The molecule has 2 N–H and O–H groups in total. The molecule has 2 aromatic heterocycles. The van der Waals surface area contributed by atoms with Gasteiger partial charge in [0.25, 0.3) is 0 Å². The Morgan fingerprint density at radius 1 is 1.56 bits per heavy atom. The summed E-state index contributed by atoms with van der Waals surface area (Å²) in [6.07, 6.45) is 1.98. The Morgan fingerprint density at radius 2 is 2.44 bits per heavy atom. The van der Waals surface area contributed by atoms with E-state index >= 15 is 0 Å². The summed E-state index contributed by atoms with van der Waals surface area (Å²) in [4.78, 5) is 0. The van der Waals surface area contributed by atoms with Crippen molar-refractivity contribution in [3.05, 3.63) is 41.5 Å². The number of hydrogen-bond acceptors (Lipinski definition) is 4. The van der Waals surface area contributed by atoms with Crippen molar-refractivity contribution in [3.8, 4) is 0 Å². The van der Waals surface area contributed by atoms with Gasteiger partial charge in [-0.05, 0) is 12.1 Å². The molecule has 0 unspecified atom stereocenters. The van der Waals surface area contributed by atoms with Crippen LogP contribution in [0.3, 0.4) is 0 Å². The molecule has 0 saturated carbocycles. The van der Waals surface area contributed by atoms with Crippen LogP contribution in [-0.2, 0) is 24.4 Å². The zero-order chi connectivity index (χ0) is 11.4. The van der Waals surface area contributed by atoms with Gasteiger partial charge in [-0.15, -0.1) is 0 Å². The molecule has 2 rings (SSSR count). The van der Waals surface area contributed by atoms with Gasteiger partial charge < -0.3 is 19.6 Å². The van der Waals surface area contributed by atoms with Crippen molar-refractivity contribution in [1.29, 1.82) is 0 Å². The highest BCUT2D eigenvalue weighted by molar-refractivity contribution is 5.11. The van der Waals surface area contributed by atoms with Crippen LogP contribution in [0.1, 0.15) is 17.1 Å². The molecule has 5 nitrogen and oxygen atoms in total. The summed E-state index contributed by atoms with van der Waals surface area (Å²) in [7, 11) is 1.63. The van der Waals surface area contributed by atoms with Crippen LogP contribution in [0.4, 0.5) is 0 Å². The van der Waals surface area contributed by atoms with E-state index in [4.69, 9.17) is 15.0 Å². The summed E-state index contributed by atoms with van der Waals surface area (Å²) < 4.78 is 12.1. The predicted octanol–water partition coefficient (Wildman–Crippen LogP) is 1.13. The molecule has 0 atom stereocenters. The minimum atomic E-state index is 0.447. The van der Waals surface area contributed by atoms with Crippen molar-refractivity contribution < 1.29 is 9.26 Å². The van der Waals surface area contributed by atoms with E-state index in [0.717, 1.165) is 17.1 Å². The molecule has 0 aliphatic carbocycles. The van der Waals surface area contributed by atoms with Crippen LogP contribution in [0.25, 0.3) is 0 Å². The highest BCUT2D eigenvalue weighted by Crippen LogP contribution is 2.09. The fraction of sp³-hybridized carbons (Fsp3) is 0.364. The van der Waals surface area contributed by atoms with E-state index in [1.807, 2.05) is 24.4 Å². The lowest BCUT2D eigenvalue weighted by atomic mass is 10.3. The summed E-state index contributed by atoms with van der Waals surface area (Å²) in [5.74, 6) is 0.735. The first-order chi connectivity index (χ1) is 7.83. The molecule has 0 aliphatic rings. The molecule has 2 heterocycles. The first-order valence-electron chi connectivity index (χ1n) is 5.11. The zero-order valence-corrected chi connectivity index (χ0v) is 9.22. The Balaban J connectivity index is 2.08. The summed E-state index contributed by atoms with van der Waals surface area (Å²) in [5.41, 5.74) is 7.57. The summed E-state index contributed by atoms with van der Waals surface area (Å²) in [6, 6.07) is 5.86. The second-order valence-corrected chi connectivity index (χ2v) is 3.55. The maximum atomic E-state index is 5.62. The van der Waals surface area contributed by atoms with Crippen LogP contribution < -0.4 is 5.73 Å². The lowest BCUT2D eigenvalue weighted by Crippen LogP contribution is -2.07. The highest BCUT2D eigenvalue weighted by Gasteiger charge is 2.06. The second kappa shape index (κ2) is 4.96. The fourth-order valence-electron chi connectivity index (χ4n) is 1.60. The highest BCUT2D eigenvalue weighted by atomic mass is 16.5. The molecule has 2 aromatic rings. The Kier molecular flexibility index (Phi) is 3.38. The van der Waals surface area contributed by atoms with Crippen molar-refractivity contribution >= 4 is 0 Å². The molecule has 5 heteroatoms. The molecule has 0 radical (unpaired) electrons. The first-order valence-corrected chi connectivity index (χ1v) is 5.11. The van der Waals surface area contributed by atoms with Gasteiger partial charge in [0.2, 0.25) is 0 Å². The average molecular weight is 221 g/mol. The number of nitrogens with two attached hydrogens (primary N) is 1. The Bertz CT molecular complexity index is 448. The molecule has 0 saturated heterocycles. The molecule has 0 aliphatic heterocycles. The molecule has 86 valence electrons.